The van der Waals surface area contributed by atoms with E-state index in [9.17, 15) is 4.79 Å². The molecular formula is C14H22O. The van der Waals surface area contributed by atoms with Crippen LogP contribution in [0.4, 0.5) is 0 Å². The largest absolute Gasteiger partial charge is 0.234 e. The lowest BCUT2D eigenvalue weighted by Gasteiger charge is -1.95. The minimum Gasteiger partial charge on any atom is -0.234 e. The quantitative estimate of drug-likeness (QED) is 0.313. The average molecular weight is 206 g/mol. The summed E-state index contributed by atoms with van der Waals surface area (Å²) in [6.45, 7) is 2.23. The first-order chi connectivity index (χ1) is 7.41. The molecular weight excluding hydrogens is 184 g/mol. The third-order valence-electron chi connectivity index (χ3n) is 2.19. The van der Waals surface area contributed by atoms with Crippen LogP contribution in [0.1, 0.15) is 51.9 Å². The second kappa shape index (κ2) is 12.9. The fourth-order valence-corrected chi connectivity index (χ4v) is 1.31. The molecule has 0 rings (SSSR count). The standard InChI is InChI=1S/C14H22O/c1-2-3-4-5-6-7-8-9-10-11-12-13-14-15/h8-11,13H,2-7,12H2,1H3/b9-8+,11-10+. The Morgan fingerprint density at radius 3 is 2.47 bits per heavy atom. The molecule has 0 radical (unpaired) electrons. The summed E-state index contributed by atoms with van der Waals surface area (Å²) in [5.74, 6) is 1.75. The molecule has 0 aromatic carbocycles. The van der Waals surface area contributed by atoms with Gasteiger partial charge in [-0.15, -0.1) is 0 Å². The molecule has 0 unspecified atom stereocenters. The summed E-state index contributed by atoms with van der Waals surface area (Å²) >= 11 is 0. The van der Waals surface area contributed by atoms with Crippen molar-refractivity contribution < 1.29 is 4.79 Å². The molecule has 0 atom stereocenters. The molecule has 0 fully saturated rings. The van der Waals surface area contributed by atoms with Crippen LogP contribution >= 0.6 is 0 Å². The minimum absolute atomic E-state index is 0.685. The summed E-state index contributed by atoms with van der Waals surface area (Å²) in [5.41, 5.74) is 0. The van der Waals surface area contributed by atoms with Crippen LogP contribution in [0.5, 0.6) is 0 Å². The predicted octanol–water partition coefficient (Wildman–Crippen LogP) is 4.24. The number of rotatable bonds is 9. The second-order valence-corrected chi connectivity index (χ2v) is 3.62. The van der Waals surface area contributed by atoms with Gasteiger partial charge in [-0.05, 0) is 19.3 Å². The van der Waals surface area contributed by atoms with E-state index in [4.69, 9.17) is 0 Å². The Morgan fingerprint density at radius 1 is 1.00 bits per heavy atom. The number of unbranched alkanes of at least 4 members (excludes halogenated alkanes) is 5. The molecule has 0 bridgehead atoms. The molecule has 0 aromatic rings. The van der Waals surface area contributed by atoms with E-state index in [0.29, 0.717) is 6.42 Å². The van der Waals surface area contributed by atoms with Gasteiger partial charge in [0.2, 0.25) is 0 Å². The van der Waals surface area contributed by atoms with E-state index < -0.39 is 0 Å². The van der Waals surface area contributed by atoms with Gasteiger partial charge in [0.25, 0.3) is 0 Å². The van der Waals surface area contributed by atoms with E-state index in [1.54, 1.807) is 5.94 Å². The van der Waals surface area contributed by atoms with E-state index in [1.165, 1.54) is 38.2 Å². The molecule has 15 heavy (non-hydrogen) atoms. The smallest absolute Gasteiger partial charge is 0.120 e. The van der Waals surface area contributed by atoms with Crippen molar-refractivity contribution >= 4 is 5.94 Å². The van der Waals surface area contributed by atoms with Gasteiger partial charge >= 0.3 is 0 Å². The number of hydrogen-bond donors (Lipinski definition) is 0. The average Bonchev–Trinajstić information content (AvgIpc) is 2.26. The van der Waals surface area contributed by atoms with Crippen molar-refractivity contribution in [1.82, 2.24) is 0 Å². The zero-order valence-corrected chi connectivity index (χ0v) is 9.74. The lowest BCUT2D eigenvalue weighted by atomic mass is 10.1. The van der Waals surface area contributed by atoms with Gasteiger partial charge in [0.05, 0.1) is 0 Å². The van der Waals surface area contributed by atoms with Crippen LogP contribution < -0.4 is 0 Å². The lowest BCUT2D eigenvalue weighted by molar-refractivity contribution is 0.568. The third kappa shape index (κ3) is 12.9. The van der Waals surface area contributed by atoms with Gasteiger partial charge in [-0.2, -0.15) is 0 Å². The fraction of sp³-hybridized carbons (Fsp3) is 0.571. The molecule has 0 saturated heterocycles. The Kier molecular flexibility index (Phi) is 12.0. The summed E-state index contributed by atoms with van der Waals surface area (Å²) in [6, 6.07) is 0. The molecule has 0 saturated carbocycles. The van der Waals surface area contributed by atoms with E-state index in [2.05, 4.69) is 19.1 Å². The van der Waals surface area contributed by atoms with Crippen molar-refractivity contribution in [3.8, 4) is 0 Å². The first-order valence-corrected chi connectivity index (χ1v) is 5.92. The van der Waals surface area contributed by atoms with Crippen molar-refractivity contribution in [2.75, 3.05) is 0 Å². The molecule has 0 heterocycles. The van der Waals surface area contributed by atoms with E-state index >= 15 is 0 Å². The van der Waals surface area contributed by atoms with Gasteiger partial charge in [0.1, 0.15) is 5.94 Å². The van der Waals surface area contributed by atoms with Crippen LogP contribution in [0.15, 0.2) is 30.4 Å². The molecule has 0 aliphatic heterocycles. The summed E-state index contributed by atoms with van der Waals surface area (Å²) in [5, 5.41) is 0. The monoisotopic (exact) mass is 206 g/mol. The second-order valence-electron chi connectivity index (χ2n) is 3.62. The van der Waals surface area contributed by atoms with Gasteiger partial charge in [0, 0.05) is 6.08 Å². The van der Waals surface area contributed by atoms with Gasteiger partial charge in [-0.3, -0.25) is 0 Å². The Balaban J connectivity index is 3.23. The summed E-state index contributed by atoms with van der Waals surface area (Å²) in [4.78, 5) is 9.83. The van der Waals surface area contributed by atoms with Crippen LogP contribution in [-0.4, -0.2) is 5.94 Å². The van der Waals surface area contributed by atoms with Gasteiger partial charge in [-0.1, -0.05) is 56.9 Å². The SMILES string of the molecule is CCCCCCC/C=C/C=C/CC=C=O. The Hall–Kier alpha value is -1.07. The number of hydrogen-bond acceptors (Lipinski definition) is 1. The predicted molar refractivity (Wildman–Crippen MR) is 66.5 cm³/mol. The summed E-state index contributed by atoms with van der Waals surface area (Å²) < 4.78 is 0. The zero-order valence-electron chi connectivity index (χ0n) is 9.74. The van der Waals surface area contributed by atoms with Crippen LogP contribution in [0.2, 0.25) is 0 Å². The number of carbonyl (C=O) groups excluding carboxylic acids is 1. The van der Waals surface area contributed by atoms with Crippen LogP contribution in [0.25, 0.3) is 0 Å². The van der Waals surface area contributed by atoms with Gasteiger partial charge in [0.15, 0.2) is 0 Å². The minimum atomic E-state index is 0.685. The Labute approximate surface area is 93.6 Å². The molecule has 0 aromatic heterocycles. The molecule has 1 heteroatoms. The lowest BCUT2D eigenvalue weighted by Crippen LogP contribution is -1.75. The van der Waals surface area contributed by atoms with E-state index in [1.807, 2.05) is 12.2 Å². The molecule has 0 spiro atoms. The van der Waals surface area contributed by atoms with Gasteiger partial charge < -0.3 is 0 Å². The molecule has 84 valence electrons. The Morgan fingerprint density at radius 2 is 1.73 bits per heavy atom. The van der Waals surface area contributed by atoms with Crippen LogP contribution in [0.3, 0.4) is 0 Å². The highest BCUT2D eigenvalue weighted by Crippen LogP contribution is 2.05. The molecule has 0 N–H and O–H groups in total. The van der Waals surface area contributed by atoms with Crippen LogP contribution in [-0.2, 0) is 4.79 Å². The highest BCUT2D eigenvalue weighted by Gasteiger charge is 1.85. The van der Waals surface area contributed by atoms with Crippen LogP contribution in [0, 0.1) is 0 Å². The highest BCUT2D eigenvalue weighted by atomic mass is 16.1. The molecule has 1 nitrogen and oxygen atoms in total. The van der Waals surface area contributed by atoms with Crippen molar-refractivity contribution in [1.29, 1.82) is 0 Å². The summed E-state index contributed by atoms with van der Waals surface area (Å²) in [6.07, 6.45) is 18.2. The number of allylic oxidation sites excluding steroid dienone is 5. The normalized spacial score (nSPS) is 11.0. The highest BCUT2D eigenvalue weighted by molar-refractivity contribution is 5.45. The van der Waals surface area contributed by atoms with Crippen molar-refractivity contribution in [3.63, 3.8) is 0 Å². The first kappa shape index (κ1) is 13.9. The van der Waals surface area contributed by atoms with Crippen molar-refractivity contribution in [3.05, 3.63) is 30.4 Å². The van der Waals surface area contributed by atoms with Crippen molar-refractivity contribution in [2.45, 2.75) is 51.9 Å². The molecule has 0 aliphatic rings. The Bertz CT molecular complexity index is 219. The maximum atomic E-state index is 9.83. The first-order valence-electron chi connectivity index (χ1n) is 5.92. The molecule has 0 aliphatic carbocycles. The fourth-order valence-electron chi connectivity index (χ4n) is 1.31. The van der Waals surface area contributed by atoms with E-state index in [-0.39, 0.29) is 0 Å². The molecule has 0 amide bonds. The maximum Gasteiger partial charge on any atom is 0.120 e. The topological polar surface area (TPSA) is 17.1 Å². The zero-order chi connectivity index (χ0) is 11.2. The van der Waals surface area contributed by atoms with E-state index in [0.717, 1.165) is 6.42 Å². The maximum absolute atomic E-state index is 9.83. The van der Waals surface area contributed by atoms with Crippen molar-refractivity contribution in [2.24, 2.45) is 0 Å². The summed E-state index contributed by atoms with van der Waals surface area (Å²) in [7, 11) is 0. The third-order valence-corrected chi connectivity index (χ3v) is 2.19. The van der Waals surface area contributed by atoms with Gasteiger partial charge in [-0.25, -0.2) is 4.79 Å².